The minimum atomic E-state index is -1.28. The summed E-state index contributed by atoms with van der Waals surface area (Å²) in [7, 11) is 2.33. The molecule has 0 fully saturated rings. The van der Waals surface area contributed by atoms with Crippen LogP contribution in [-0.4, -0.2) is 43.4 Å². The van der Waals surface area contributed by atoms with Gasteiger partial charge >= 0.3 is 11.9 Å². The highest BCUT2D eigenvalue weighted by Crippen LogP contribution is 1.99. The third-order valence-electron chi connectivity index (χ3n) is 1.49. The third kappa shape index (κ3) is 3.86. The summed E-state index contributed by atoms with van der Waals surface area (Å²) >= 11 is 0. The molecule has 0 saturated carbocycles. The fourth-order valence-corrected chi connectivity index (χ4v) is 0.674. The van der Waals surface area contributed by atoms with E-state index in [1.54, 1.807) is 0 Å². The molecule has 2 atom stereocenters. The van der Waals surface area contributed by atoms with Gasteiger partial charge in [0, 0.05) is 0 Å². The predicted molar refractivity (Wildman–Crippen MR) is 42.6 cm³/mol. The van der Waals surface area contributed by atoms with Gasteiger partial charge in [-0.15, -0.1) is 0 Å². The molecule has 6 nitrogen and oxygen atoms in total. The van der Waals surface area contributed by atoms with Gasteiger partial charge in [-0.25, -0.2) is 0 Å². The second kappa shape index (κ2) is 5.50. The Kier molecular flexibility index (Phi) is 5.01. The van der Waals surface area contributed by atoms with Crippen LogP contribution in [0.2, 0.25) is 0 Å². The van der Waals surface area contributed by atoms with Gasteiger partial charge in [-0.1, -0.05) is 0 Å². The van der Waals surface area contributed by atoms with Crippen LogP contribution in [0, 0.1) is 0 Å². The molecular weight excluding hydrogens is 178 g/mol. The Balaban J connectivity index is 4.02. The first-order chi connectivity index (χ1) is 6.02. The molecule has 0 aromatic rings. The number of rotatable bonds is 4. The van der Waals surface area contributed by atoms with Crippen molar-refractivity contribution in [1.29, 1.82) is 0 Å². The lowest BCUT2D eigenvalue weighted by atomic mass is 10.1. The Hall–Kier alpha value is -1.14. The Labute approximate surface area is 75.6 Å². The van der Waals surface area contributed by atoms with Gasteiger partial charge in [-0.05, 0) is 0 Å². The molecule has 0 aliphatic heterocycles. The van der Waals surface area contributed by atoms with Crippen molar-refractivity contribution in [3.8, 4) is 0 Å². The molecule has 0 aliphatic carbocycles. The zero-order valence-corrected chi connectivity index (χ0v) is 7.52. The summed E-state index contributed by atoms with van der Waals surface area (Å²) in [6, 6.07) is -1.22. The molecule has 0 spiro atoms. The maximum absolute atomic E-state index is 10.8. The van der Waals surface area contributed by atoms with Crippen LogP contribution >= 0.6 is 0 Å². The summed E-state index contributed by atoms with van der Waals surface area (Å²) < 4.78 is 8.55. The number of aliphatic hydroxyl groups is 1. The van der Waals surface area contributed by atoms with Crippen molar-refractivity contribution in [3.05, 3.63) is 0 Å². The predicted octanol–water partition coefficient (Wildman–Crippen LogP) is -1.59. The molecular formula is C7H13NO5. The summed E-state index contributed by atoms with van der Waals surface area (Å²) in [6.45, 7) is 0. The van der Waals surface area contributed by atoms with E-state index in [1.165, 1.54) is 7.11 Å². The Bertz CT molecular complexity index is 193. The molecule has 0 bridgehead atoms. The van der Waals surface area contributed by atoms with E-state index in [-0.39, 0.29) is 6.42 Å². The van der Waals surface area contributed by atoms with Crippen LogP contribution in [-0.2, 0) is 19.1 Å². The summed E-state index contributed by atoms with van der Waals surface area (Å²) in [6.07, 6.45) is -1.60. The van der Waals surface area contributed by atoms with Crippen LogP contribution in [0.4, 0.5) is 0 Å². The number of ether oxygens (including phenoxy) is 2. The molecule has 0 amide bonds. The number of methoxy groups -OCH3 is 2. The van der Waals surface area contributed by atoms with Gasteiger partial charge in [0.25, 0.3) is 0 Å². The summed E-state index contributed by atoms with van der Waals surface area (Å²) in [5.41, 5.74) is 5.24. The first-order valence-electron chi connectivity index (χ1n) is 3.61. The van der Waals surface area contributed by atoms with Gasteiger partial charge in [0.15, 0.2) is 0 Å². The molecule has 0 aromatic heterocycles. The number of esters is 2. The van der Waals surface area contributed by atoms with E-state index in [1.807, 2.05) is 0 Å². The van der Waals surface area contributed by atoms with Gasteiger partial charge in [0.05, 0.1) is 26.7 Å². The lowest BCUT2D eigenvalue weighted by Gasteiger charge is -2.14. The van der Waals surface area contributed by atoms with Crippen molar-refractivity contribution in [2.45, 2.75) is 18.6 Å². The van der Waals surface area contributed by atoms with Crippen LogP contribution in [0.1, 0.15) is 6.42 Å². The minimum absolute atomic E-state index is 0.327. The van der Waals surface area contributed by atoms with Crippen molar-refractivity contribution in [2.24, 2.45) is 5.73 Å². The Morgan fingerprint density at radius 2 is 1.92 bits per heavy atom. The lowest BCUT2D eigenvalue weighted by molar-refractivity contribution is -0.148. The summed E-state index contributed by atoms with van der Waals surface area (Å²) in [5.74, 6) is -1.40. The first kappa shape index (κ1) is 11.9. The molecule has 0 unspecified atom stereocenters. The van der Waals surface area contributed by atoms with Crippen molar-refractivity contribution < 1.29 is 24.2 Å². The Morgan fingerprint density at radius 3 is 2.31 bits per heavy atom. The van der Waals surface area contributed by atoms with E-state index < -0.39 is 24.1 Å². The summed E-state index contributed by atoms with van der Waals surface area (Å²) in [5, 5.41) is 9.19. The van der Waals surface area contributed by atoms with E-state index in [0.29, 0.717) is 0 Å². The number of nitrogens with two attached hydrogens (primary N) is 1. The van der Waals surface area contributed by atoms with Crippen molar-refractivity contribution >= 4 is 11.9 Å². The molecule has 0 saturated heterocycles. The van der Waals surface area contributed by atoms with Crippen LogP contribution in [0.15, 0.2) is 0 Å². The molecule has 0 heterocycles. The van der Waals surface area contributed by atoms with Gasteiger partial charge in [0.2, 0.25) is 0 Å². The second-order valence-corrected chi connectivity index (χ2v) is 2.40. The van der Waals surface area contributed by atoms with Gasteiger partial charge in [0.1, 0.15) is 6.04 Å². The van der Waals surface area contributed by atoms with Crippen LogP contribution < -0.4 is 5.73 Å². The quantitative estimate of drug-likeness (QED) is 0.520. The molecule has 3 N–H and O–H groups in total. The number of hydrogen-bond acceptors (Lipinski definition) is 6. The molecule has 0 aromatic carbocycles. The molecule has 0 radical (unpaired) electrons. The van der Waals surface area contributed by atoms with E-state index in [9.17, 15) is 14.7 Å². The topological polar surface area (TPSA) is 98.9 Å². The average molecular weight is 191 g/mol. The smallest absolute Gasteiger partial charge is 0.325 e. The maximum Gasteiger partial charge on any atom is 0.325 e. The van der Waals surface area contributed by atoms with E-state index in [4.69, 9.17) is 5.73 Å². The van der Waals surface area contributed by atoms with Crippen LogP contribution in [0.3, 0.4) is 0 Å². The minimum Gasteiger partial charge on any atom is -0.469 e. The average Bonchev–Trinajstić information content (AvgIpc) is 2.14. The molecule has 13 heavy (non-hydrogen) atoms. The lowest BCUT2D eigenvalue weighted by Crippen LogP contribution is -2.43. The first-order valence-corrected chi connectivity index (χ1v) is 3.61. The van der Waals surface area contributed by atoms with Crippen LogP contribution in [0.25, 0.3) is 0 Å². The summed E-state index contributed by atoms with van der Waals surface area (Å²) in [4.78, 5) is 21.4. The molecule has 0 aliphatic rings. The third-order valence-corrected chi connectivity index (χ3v) is 1.49. The SMILES string of the molecule is COC(=O)C[C@@H](O)[C@H](N)C(=O)OC. The van der Waals surface area contributed by atoms with Crippen molar-refractivity contribution in [3.63, 3.8) is 0 Å². The normalized spacial score (nSPS) is 14.5. The largest absolute Gasteiger partial charge is 0.469 e. The van der Waals surface area contributed by atoms with E-state index in [0.717, 1.165) is 7.11 Å². The Morgan fingerprint density at radius 1 is 1.38 bits per heavy atom. The van der Waals surface area contributed by atoms with Crippen molar-refractivity contribution in [2.75, 3.05) is 14.2 Å². The maximum atomic E-state index is 10.8. The highest BCUT2D eigenvalue weighted by molar-refractivity contribution is 5.78. The molecule has 76 valence electrons. The monoisotopic (exact) mass is 191 g/mol. The van der Waals surface area contributed by atoms with E-state index >= 15 is 0 Å². The fourth-order valence-electron chi connectivity index (χ4n) is 0.674. The second-order valence-electron chi connectivity index (χ2n) is 2.40. The highest BCUT2D eigenvalue weighted by atomic mass is 16.5. The van der Waals surface area contributed by atoms with Gasteiger partial charge < -0.3 is 20.3 Å². The van der Waals surface area contributed by atoms with Crippen LogP contribution in [0.5, 0.6) is 0 Å². The zero-order valence-electron chi connectivity index (χ0n) is 7.52. The highest BCUT2D eigenvalue weighted by Gasteiger charge is 2.25. The molecule has 0 rings (SSSR count). The van der Waals surface area contributed by atoms with E-state index in [2.05, 4.69) is 9.47 Å². The van der Waals surface area contributed by atoms with Gasteiger partial charge in [-0.2, -0.15) is 0 Å². The molecule has 6 heteroatoms. The number of hydrogen-bond donors (Lipinski definition) is 2. The van der Waals surface area contributed by atoms with Gasteiger partial charge in [-0.3, -0.25) is 9.59 Å². The van der Waals surface area contributed by atoms with Crippen molar-refractivity contribution in [1.82, 2.24) is 0 Å². The number of carbonyl (C=O) groups is 2. The number of aliphatic hydroxyl groups excluding tert-OH is 1. The zero-order chi connectivity index (χ0) is 10.4. The standard InChI is InChI=1S/C7H13NO5/c1-12-5(10)3-4(9)6(8)7(11)13-2/h4,6,9H,3,8H2,1-2H3/t4-,6+/m1/s1. The fraction of sp³-hybridized carbons (Fsp3) is 0.714. The number of carbonyl (C=O) groups excluding carboxylic acids is 2.